The number of hydrogen-bond acceptors (Lipinski definition) is 2. The van der Waals surface area contributed by atoms with E-state index >= 15 is 0 Å². The number of amides is 1. The van der Waals surface area contributed by atoms with Crippen LogP contribution in [0.2, 0.25) is 5.02 Å². The van der Waals surface area contributed by atoms with Crippen molar-refractivity contribution < 1.29 is 9.18 Å². The van der Waals surface area contributed by atoms with E-state index in [0.717, 1.165) is 25.1 Å². The van der Waals surface area contributed by atoms with Crippen molar-refractivity contribution in [2.24, 2.45) is 0 Å². The summed E-state index contributed by atoms with van der Waals surface area (Å²) < 4.78 is 14.0. The smallest absolute Gasteiger partial charge is 0.244 e. The molecule has 2 atom stereocenters. The van der Waals surface area contributed by atoms with E-state index in [1.165, 1.54) is 6.07 Å². The number of rotatable bonds is 3. The van der Waals surface area contributed by atoms with Crippen molar-refractivity contribution >= 4 is 23.2 Å². The van der Waals surface area contributed by atoms with E-state index in [1.54, 1.807) is 23.1 Å². The highest BCUT2D eigenvalue weighted by atomic mass is 35.5. The van der Waals surface area contributed by atoms with Gasteiger partial charge in [0.15, 0.2) is 0 Å². The summed E-state index contributed by atoms with van der Waals surface area (Å²) in [6, 6.07) is 14.1. The number of carbonyl (C=O) groups excluding carboxylic acids is 1. The van der Waals surface area contributed by atoms with Crippen LogP contribution in [-0.2, 0) is 11.3 Å². The van der Waals surface area contributed by atoms with E-state index in [0.29, 0.717) is 10.7 Å². The van der Waals surface area contributed by atoms with Crippen LogP contribution in [-0.4, -0.2) is 29.4 Å². The Kier molecular flexibility index (Phi) is 3.58. The Labute approximate surface area is 139 Å². The summed E-state index contributed by atoms with van der Waals surface area (Å²) >= 11 is 5.91. The number of para-hydroxylation sites is 1. The third-order valence-corrected chi connectivity index (χ3v) is 4.93. The number of likely N-dealkylation sites (tertiary alicyclic amines) is 1. The van der Waals surface area contributed by atoms with Crippen LogP contribution in [0.3, 0.4) is 0 Å². The van der Waals surface area contributed by atoms with Crippen molar-refractivity contribution in [1.82, 2.24) is 4.90 Å². The van der Waals surface area contributed by atoms with Gasteiger partial charge in [0.05, 0.1) is 17.8 Å². The lowest BCUT2D eigenvalue weighted by molar-refractivity contribution is -0.122. The topological polar surface area (TPSA) is 23.6 Å². The number of carbonyl (C=O) groups is 1. The molecule has 0 saturated carbocycles. The minimum absolute atomic E-state index is 0.000290. The van der Waals surface area contributed by atoms with Crippen molar-refractivity contribution in [1.29, 1.82) is 0 Å². The van der Waals surface area contributed by atoms with Crippen LogP contribution in [0.1, 0.15) is 12.0 Å². The molecule has 118 valence electrons. The lowest BCUT2D eigenvalue weighted by Gasteiger charge is -2.34. The first-order valence-electron chi connectivity index (χ1n) is 7.69. The minimum Gasteiger partial charge on any atom is -0.304 e. The average molecular weight is 331 g/mol. The van der Waals surface area contributed by atoms with Gasteiger partial charge in [-0.25, -0.2) is 4.39 Å². The maximum Gasteiger partial charge on any atom is 0.244 e. The van der Waals surface area contributed by atoms with Crippen LogP contribution in [0.15, 0.2) is 48.5 Å². The van der Waals surface area contributed by atoms with Gasteiger partial charge < -0.3 is 4.90 Å². The Balaban J connectivity index is 1.53. The van der Waals surface area contributed by atoms with Crippen molar-refractivity contribution in [2.75, 3.05) is 11.4 Å². The highest BCUT2D eigenvalue weighted by Gasteiger charge is 2.50. The van der Waals surface area contributed by atoms with Crippen LogP contribution < -0.4 is 4.90 Å². The molecule has 2 heterocycles. The van der Waals surface area contributed by atoms with Gasteiger partial charge in [-0.15, -0.1) is 0 Å². The first-order valence-corrected chi connectivity index (χ1v) is 8.07. The molecule has 2 aromatic rings. The third kappa shape index (κ3) is 2.52. The van der Waals surface area contributed by atoms with Crippen molar-refractivity contribution in [3.05, 3.63) is 64.9 Å². The largest absolute Gasteiger partial charge is 0.304 e. The molecule has 0 aliphatic carbocycles. The molecule has 5 heteroatoms. The number of benzene rings is 2. The van der Waals surface area contributed by atoms with Gasteiger partial charge in [0.1, 0.15) is 5.82 Å². The van der Waals surface area contributed by atoms with Gasteiger partial charge in [-0.1, -0.05) is 35.9 Å². The molecule has 2 aliphatic heterocycles. The van der Waals surface area contributed by atoms with Gasteiger partial charge in [0, 0.05) is 18.1 Å². The molecule has 4 rings (SSSR count). The zero-order chi connectivity index (χ0) is 16.0. The Hall–Kier alpha value is -1.91. The van der Waals surface area contributed by atoms with Crippen molar-refractivity contribution in [2.45, 2.75) is 25.0 Å². The number of nitrogens with zero attached hydrogens (tertiary/aromatic N) is 2. The number of anilines is 1. The van der Waals surface area contributed by atoms with Gasteiger partial charge in [-0.3, -0.25) is 9.69 Å². The maximum atomic E-state index is 14.0. The number of halogens is 2. The first kappa shape index (κ1) is 14.7. The van der Waals surface area contributed by atoms with E-state index in [1.807, 2.05) is 24.3 Å². The summed E-state index contributed by atoms with van der Waals surface area (Å²) in [5.74, 6) is -0.335. The molecule has 0 radical (unpaired) electrons. The normalized spacial score (nSPS) is 23.7. The van der Waals surface area contributed by atoms with E-state index in [9.17, 15) is 9.18 Å². The highest BCUT2D eigenvalue weighted by molar-refractivity contribution is 6.30. The molecule has 23 heavy (non-hydrogen) atoms. The zero-order valence-electron chi connectivity index (χ0n) is 12.5. The number of hydrogen-bond donors (Lipinski definition) is 0. The molecule has 2 bridgehead atoms. The predicted molar refractivity (Wildman–Crippen MR) is 87.9 cm³/mol. The summed E-state index contributed by atoms with van der Waals surface area (Å²) in [7, 11) is 0. The van der Waals surface area contributed by atoms with Gasteiger partial charge >= 0.3 is 0 Å². The van der Waals surface area contributed by atoms with Crippen molar-refractivity contribution in [3.8, 4) is 0 Å². The maximum absolute atomic E-state index is 14.0. The minimum atomic E-state index is -0.336. The van der Waals surface area contributed by atoms with E-state index in [2.05, 4.69) is 4.90 Å². The quantitative estimate of drug-likeness (QED) is 0.860. The average Bonchev–Trinajstić information content (AvgIpc) is 3.08. The number of fused-ring (bicyclic) bond motifs is 2. The highest BCUT2D eigenvalue weighted by Crippen LogP contribution is 2.37. The fourth-order valence-electron chi connectivity index (χ4n) is 3.63. The molecule has 0 unspecified atom stereocenters. The Morgan fingerprint density at radius 3 is 2.57 bits per heavy atom. The molecule has 2 saturated heterocycles. The van der Waals surface area contributed by atoms with Crippen molar-refractivity contribution in [3.63, 3.8) is 0 Å². The van der Waals surface area contributed by atoms with Crippen LogP contribution in [0.4, 0.5) is 10.1 Å². The summed E-state index contributed by atoms with van der Waals surface area (Å²) in [6.07, 6.45) is 0.765. The standard InChI is InChI=1S/C18H16ClFN2O/c19-13-7-5-12(6-8-13)10-21-11-14-9-17(21)18(23)22(14)16-4-2-1-3-15(16)20/h1-8,14,17H,9-11H2/t14-,17-/m0/s1. The SMILES string of the molecule is O=C1[C@@H]2C[C@@H](CN2Cc2ccc(Cl)cc2)N1c1ccccc1F. The summed E-state index contributed by atoms with van der Waals surface area (Å²) in [4.78, 5) is 16.5. The monoisotopic (exact) mass is 330 g/mol. The van der Waals surface area contributed by atoms with Crippen LogP contribution >= 0.6 is 11.6 Å². The van der Waals surface area contributed by atoms with Gasteiger partial charge in [-0.2, -0.15) is 0 Å². The predicted octanol–water partition coefficient (Wildman–Crippen LogP) is 3.47. The summed E-state index contributed by atoms with van der Waals surface area (Å²) in [5, 5.41) is 0.707. The third-order valence-electron chi connectivity index (χ3n) is 4.68. The molecule has 1 amide bonds. The molecule has 2 aromatic carbocycles. The fourth-order valence-corrected chi connectivity index (χ4v) is 3.75. The Morgan fingerprint density at radius 2 is 1.87 bits per heavy atom. The molecule has 3 nitrogen and oxygen atoms in total. The number of piperazine rings is 1. The molecular formula is C18H16ClFN2O. The van der Waals surface area contributed by atoms with E-state index < -0.39 is 0 Å². The fraction of sp³-hybridized carbons (Fsp3) is 0.278. The van der Waals surface area contributed by atoms with Gasteiger partial charge in [0.2, 0.25) is 5.91 Å². The second-order valence-corrected chi connectivity index (χ2v) is 6.56. The summed E-state index contributed by atoms with van der Waals surface area (Å²) in [6.45, 7) is 1.49. The molecule has 0 N–H and O–H groups in total. The van der Waals surface area contributed by atoms with Gasteiger partial charge in [0.25, 0.3) is 0 Å². The van der Waals surface area contributed by atoms with Crippen LogP contribution in [0, 0.1) is 5.82 Å². The first-order chi connectivity index (χ1) is 11.1. The Bertz CT molecular complexity index is 749. The van der Waals surface area contributed by atoms with Gasteiger partial charge in [-0.05, 0) is 36.2 Å². The second-order valence-electron chi connectivity index (χ2n) is 6.12. The van der Waals surface area contributed by atoms with Crippen LogP contribution in [0.5, 0.6) is 0 Å². The molecular weight excluding hydrogens is 315 g/mol. The Morgan fingerprint density at radius 1 is 1.13 bits per heavy atom. The molecule has 0 spiro atoms. The van der Waals surface area contributed by atoms with Crippen LogP contribution in [0.25, 0.3) is 0 Å². The molecule has 2 aliphatic rings. The van der Waals surface area contributed by atoms with E-state index in [-0.39, 0.29) is 23.8 Å². The molecule has 2 fully saturated rings. The zero-order valence-corrected chi connectivity index (χ0v) is 13.2. The lowest BCUT2D eigenvalue weighted by Crippen LogP contribution is -2.50. The second kappa shape index (κ2) is 5.62. The summed E-state index contributed by atoms with van der Waals surface area (Å²) in [5.41, 5.74) is 1.53. The lowest BCUT2D eigenvalue weighted by atomic mass is 10.2. The van der Waals surface area contributed by atoms with E-state index in [4.69, 9.17) is 11.6 Å². The molecule has 0 aromatic heterocycles.